The fraction of sp³-hybridized carbons (Fsp3) is 0.400. The van der Waals surface area contributed by atoms with Gasteiger partial charge in [0, 0.05) is 17.5 Å². The molecule has 0 fully saturated rings. The Morgan fingerprint density at radius 2 is 2.19 bits per heavy atom. The van der Waals surface area contributed by atoms with Crippen molar-refractivity contribution in [1.82, 2.24) is 10.2 Å². The number of hydrogen-bond acceptors (Lipinski definition) is 3. The zero-order valence-corrected chi connectivity index (χ0v) is 15.0. The molecule has 1 N–H and O–H groups in total. The SMILES string of the molecule is Cc1cc(C(C)NC(=O)N(C)Cc2ccc(Br)s2)c(C)o1. The number of thiophene rings is 1. The molecule has 2 aromatic rings. The quantitative estimate of drug-likeness (QED) is 0.852. The molecule has 2 aromatic heterocycles. The number of aryl methyl sites for hydroxylation is 2. The van der Waals surface area contributed by atoms with Gasteiger partial charge in [0.25, 0.3) is 0 Å². The van der Waals surface area contributed by atoms with Crippen molar-refractivity contribution in [3.63, 3.8) is 0 Å². The number of nitrogens with one attached hydrogen (secondary N) is 1. The normalized spacial score (nSPS) is 12.2. The topological polar surface area (TPSA) is 45.5 Å². The monoisotopic (exact) mass is 370 g/mol. The van der Waals surface area contributed by atoms with E-state index in [1.807, 2.05) is 39.0 Å². The summed E-state index contributed by atoms with van der Waals surface area (Å²) in [6.07, 6.45) is 0. The zero-order valence-electron chi connectivity index (χ0n) is 12.6. The van der Waals surface area contributed by atoms with E-state index in [2.05, 4.69) is 21.2 Å². The van der Waals surface area contributed by atoms with Crippen molar-refractivity contribution < 1.29 is 9.21 Å². The van der Waals surface area contributed by atoms with E-state index >= 15 is 0 Å². The molecule has 0 aliphatic carbocycles. The van der Waals surface area contributed by atoms with Crippen molar-refractivity contribution in [1.29, 1.82) is 0 Å². The van der Waals surface area contributed by atoms with Crippen LogP contribution in [0.5, 0.6) is 0 Å². The molecule has 0 aliphatic heterocycles. The van der Waals surface area contributed by atoms with Gasteiger partial charge in [0.2, 0.25) is 0 Å². The number of hydrogen-bond donors (Lipinski definition) is 1. The summed E-state index contributed by atoms with van der Waals surface area (Å²) in [7, 11) is 1.79. The lowest BCUT2D eigenvalue weighted by atomic mass is 10.1. The second-order valence-electron chi connectivity index (χ2n) is 5.10. The van der Waals surface area contributed by atoms with E-state index in [4.69, 9.17) is 4.42 Å². The smallest absolute Gasteiger partial charge is 0.317 e. The van der Waals surface area contributed by atoms with Gasteiger partial charge >= 0.3 is 6.03 Å². The number of amides is 2. The predicted molar refractivity (Wildman–Crippen MR) is 88.6 cm³/mol. The Hall–Kier alpha value is -1.27. The van der Waals surface area contributed by atoms with Crippen LogP contribution < -0.4 is 5.32 Å². The Kier molecular flexibility index (Phi) is 5.11. The maximum absolute atomic E-state index is 12.2. The summed E-state index contributed by atoms with van der Waals surface area (Å²) in [6.45, 7) is 6.38. The summed E-state index contributed by atoms with van der Waals surface area (Å²) in [6, 6.07) is 5.81. The lowest BCUT2D eigenvalue weighted by molar-refractivity contribution is 0.204. The molecule has 4 nitrogen and oxygen atoms in total. The Balaban J connectivity index is 1.95. The van der Waals surface area contributed by atoms with Crippen LogP contribution >= 0.6 is 27.3 Å². The lowest BCUT2D eigenvalue weighted by Crippen LogP contribution is -2.38. The standard InChI is InChI=1S/C15H19BrN2O2S/c1-9-7-13(11(3)20-9)10(2)17-15(19)18(4)8-12-5-6-14(16)21-12/h5-7,10H,8H2,1-4H3,(H,17,19). The van der Waals surface area contributed by atoms with Crippen LogP contribution in [0.3, 0.4) is 0 Å². The number of carbonyl (C=O) groups excluding carboxylic acids is 1. The van der Waals surface area contributed by atoms with Crippen LogP contribution in [0.25, 0.3) is 0 Å². The molecule has 114 valence electrons. The Labute approximate surface area is 137 Å². The van der Waals surface area contributed by atoms with Gasteiger partial charge in [-0.2, -0.15) is 0 Å². The Bertz CT molecular complexity index is 635. The maximum Gasteiger partial charge on any atom is 0.317 e. The summed E-state index contributed by atoms with van der Waals surface area (Å²) in [5.41, 5.74) is 1.02. The zero-order chi connectivity index (χ0) is 15.6. The summed E-state index contributed by atoms with van der Waals surface area (Å²) in [4.78, 5) is 15.1. The molecule has 1 atom stereocenters. The first kappa shape index (κ1) is 16.1. The molecule has 0 aromatic carbocycles. The van der Waals surface area contributed by atoms with E-state index in [0.29, 0.717) is 6.54 Å². The van der Waals surface area contributed by atoms with Gasteiger partial charge in [-0.05, 0) is 54.9 Å². The molecular formula is C15H19BrN2O2S. The van der Waals surface area contributed by atoms with E-state index in [9.17, 15) is 4.79 Å². The van der Waals surface area contributed by atoms with Crippen molar-refractivity contribution in [2.75, 3.05) is 7.05 Å². The number of nitrogens with zero attached hydrogens (tertiary/aromatic N) is 1. The van der Waals surface area contributed by atoms with Crippen molar-refractivity contribution in [3.05, 3.63) is 43.9 Å². The molecule has 0 aliphatic rings. The van der Waals surface area contributed by atoms with Crippen LogP contribution in [-0.4, -0.2) is 18.0 Å². The van der Waals surface area contributed by atoms with E-state index < -0.39 is 0 Å². The number of carbonyl (C=O) groups is 1. The van der Waals surface area contributed by atoms with Crippen molar-refractivity contribution in [2.24, 2.45) is 0 Å². The van der Waals surface area contributed by atoms with E-state index in [1.54, 1.807) is 23.3 Å². The van der Waals surface area contributed by atoms with E-state index in [1.165, 1.54) is 0 Å². The first-order chi connectivity index (χ1) is 9.86. The minimum atomic E-state index is -0.0923. The highest BCUT2D eigenvalue weighted by Gasteiger charge is 2.17. The molecule has 2 amide bonds. The second-order valence-corrected chi connectivity index (χ2v) is 7.65. The highest BCUT2D eigenvalue weighted by atomic mass is 79.9. The van der Waals surface area contributed by atoms with Crippen LogP contribution in [0.1, 0.15) is 34.9 Å². The molecule has 0 saturated heterocycles. The highest BCUT2D eigenvalue weighted by molar-refractivity contribution is 9.11. The van der Waals surface area contributed by atoms with E-state index in [0.717, 1.165) is 25.7 Å². The lowest BCUT2D eigenvalue weighted by Gasteiger charge is -2.20. The first-order valence-corrected chi connectivity index (χ1v) is 8.30. The fourth-order valence-electron chi connectivity index (χ4n) is 2.20. The van der Waals surface area contributed by atoms with Gasteiger partial charge in [0.15, 0.2) is 0 Å². The van der Waals surface area contributed by atoms with Crippen LogP contribution in [0.4, 0.5) is 4.79 Å². The van der Waals surface area contributed by atoms with Gasteiger partial charge < -0.3 is 14.6 Å². The van der Waals surface area contributed by atoms with Crippen LogP contribution in [0, 0.1) is 13.8 Å². The predicted octanol–water partition coefficient (Wildman–Crippen LogP) is 4.62. The summed E-state index contributed by atoms with van der Waals surface area (Å²) >= 11 is 5.06. The third kappa shape index (κ3) is 4.11. The molecular weight excluding hydrogens is 352 g/mol. The molecule has 0 bridgehead atoms. The van der Waals surface area contributed by atoms with Gasteiger partial charge in [0.05, 0.1) is 16.4 Å². The van der Waals surface area contributed by atoms with Gasteiger partial charge in [-0.25, -0.2) is 4.79 Å². The van der Waals surface area contributed by atoms with E-state index in [-0.39, 0.29) is 12.1 Å². The van der Waals surface area contributed by atoms with Crippen molar-refractivity contribution >= 4 is 33.3 Å². The molecule has 0 radical (unpaired) electrons. The molecule has 0 spiro atoms. The molecule has 6 heteroatoms. The van der Waals surface area contributed by atoms with Crippen molar-refractivity contribution in [3.8, 4) is 0 Å². The summed E-state index contributed by atoms with van der Waals surface area (Å²) < 4.78 is 6.58. The third-order valence-corrected chi connectivity index (χ3v) is 4.86. The van der Waals surface area contributed by atoms with Crippen LogP contribution in [0.2, 0.25) is 0 Å². The minimum Gasteiger partial charge on any atom is -0.466 e. The fourth-order valence-corrected chi connectivity index (χ4v) is 3.73. The third-order valence-electron chi connectivity index (χ3n) is 3.25. The average Bonchev–Trinajstić information content (AvgIpc) is 2.95. The van der Waals surface area contributed by atoms with Gasteiger partial charge in [-0.3, -0.25) is 0 Å². The van der Waals surface area contributed by atoms with Crippen LogP contribution in [0.15, 0.2) is 26.4 Å². The molecule has 1 unspecified atom stereocenters. The maximum atomic E-state index is 12.2. The van der Waals surface area contributed by atoms with Gasteiger partial charge in [-0.1, -0.05) is 0 Å². The Morgan fingerprint density at radius 1 is 1.48 bits per heavy atom. The van der Waals surface area contributed by atoms with Crippen LogP contribution in [-0.2, 0) is 6.54 Å². The molecule has 2 rings (SSSR count). The van der Waals surface area contributed by atoms with Gasteiger partial charge in [-0.15, -0.1) is 11.3 Å². The largest absolute Gasteiger partial charge is 0.466 e. The minimum absolute atomic E-state index is 0.0764. The molecule has 2 heterocycles. The van der Waals surface area contributed by atoms with Gasteiger partial charge in [0.1, 0.15) is 11.5 Å². The summed E-state index contributed by atoms with van der Waals surface area (Å²) in [5, 5.41) is 3.00. The molecule has 21 heavy (non-hydrogen) atoms. The molecule has 0 saturated carbocycles. The highest BCUT2D eigenvalue weighted by Crippen LogP contribution is 2.24. The Morgan fingerprint density at radius 3 is 2.71 bits per heavy atom. The van der Waals surface area contributed by atoms with Crippen molar-refractivity contribution in [2.45, 2.75) is 33.4 Å². The number of urea groups is 1. The number of halogens is 1. The summed E-state index contributed by atoms with van der Waals surface area (Å²) in [5.74, 6) is 1.71. The number of furan rings is 1. The average molecular weight is 371 g/mol. The number of rotatable bonds is 4. The second kappa shape index (κ2) is 6.66. The first-order valence-electron chi connectivity index (χ1n) is 6.69.